The van der Waals surface area contributed by atoms with E-state index in [1.807, 2.05) is 6.07 Å². The first-order valence-electron chi connectivity index (χ1n) is 9.23. The fourth-order valence-electron chi connectivity index (χ4n) is 3.34. The summed E-state index contributed by atoms with van der Waals surface area (Å²) in [6.45, 7) is 6.06. The number of pyridine rings is 1. The lowest BCUT2D eigenvalue weighted by atomic mass is 9.98. The van der Waals surface area contributed by atoms with Crippen molar-refractivity contribution in [2.24, 2.45) is 5.92 Å². The predicted molar refractivity (Wildman–Crippen MR) is 102 cm³/mol. The molecule has 1 fully saturated rings. The van der Waals surface area contributed by atoms with Crippen LogP contribution < -0.4 is 10.1 Å². The molecule has 3 rings (SSSR count). The van der Waals surface area contributed by atoms with E-state index in [2.05, 4.69) is 40.3 Å². The first-order chi connectivity index (χ1) is 12.7. The molecule has 2 heterocycles. The number of piperidine rings is 1. The topological polar surface area (TPSA) is 54.5 Å². The molecule has 1 saturated heterocycles. The minimum absolute atomic E-state index is 0.170. The number of carbonyl (C=O) groups excluding carboxylic acids is 1. The van der Waals surface area contributed by atoms with Gasteiger partial charge in [0.15, 0.2) is 0 Å². The van der Waals surface area contributed by atoms with Gasteiger partial charge in [0.1, 0.15) is 5.56 Å². The lowest BCUT2D eigenvalue weighted by Crippen LogP contribution is -2.33. The number of hydrogen-bond donors (Lipinski definition) is 1. The molecule has 0 unspecified atom stereocenters. The molecule has 2 aromatic rings. The Morgan fingerprint density at radius 3 is 2.65 bits per heavy atom. The second-order valence-corrected chi connectivity index (χ2v) is 6.97. The molecule has 0 radical (unpaired) electrons. The van der Waals surface area contributed by atoms with Gasteiger partial charge in [-0.1, -0.05) is 31.2 Å². The molecule has 1 amide bonds. The van der Waals surface area contributed by atoms with Crippen LogP contribution in [0.1, 0.15) is 41.3 Å². The number of rotatable bonds is 6. The molecule has 0 bridgehead atoms. The Balaban J connectivity index is 1.64. The first kappa shape index (κ1) is 18.4. The summed E-state index contributed by atoms with van der Waals surface area (Å²) in [6.07, 6.45) is 4.14. The Bertz CT molecular complexity index is 740. The number of nitrogens with one attached hydrogen (secondary N) is 1. The van der Waals surface area contributed by atoms with Crippen LogP contribution in [0.4, 0.5) is 0 Å². The molecule has 1 aliphatic heterocycles. The molecule has 1 aliphatic rings. The number of nitrogens with zero attached hydrogens (tertiary/aromatic N) is 2. The molecule has 0 saturated carbocycles. The fourth-order valence-corrected chi connectivity index (χ4v) is 3.34. The van der Waals surface area contributed by atoms with Crippen molar-refractivity contribution in [3.05, 3.63) is 59.3 Å². The maximum atomic E-state index is 12.5. The van der Waals surface area contributed by atoms with Gasteiger partial charge < -0.3 is 10.1 Å². The SMILES string of the molecule is COc1ncccc1C(=O)NCc1ccccc1CN1CCC(C)CC1. The summed E-state index contributed by atoms with van der Waals surface area (Å²) in [5.41, 5.74) is 2.89. The number of benzene rings is 1. The molecule has 1 N–H and O–H groups in total. The van der Waals surface area contributed by atoms with Gasteiger partial charge in [0, 0.05) is 19.3 Å². The number of amides is 1. The van der Waals surface area contributed by atoms with Crippen molar-refractivity contribution < 1.29 is 9.53 Å². The van der Waals surface area contributed by atoms with E-state index >= 15 is 0 Å². The maximum absolute atomic E-state index is 12.5. The minimum Gasteiger partial charge on any atom is -0.480 e. The maximum Gasteiger partial charge on any atom is 0.257 e. The third kappa shape index (κ3) is 4.61. The van der Waals surface area contributed by atoms with Crippen LogP contribution in [-0.4, -0.2) is 36.0 Å². The number of methoxy groups -OCH3 is 1. The lowest BCUT2D eigenvalue weighted by molar-refractivity contribution is 0.0947. The molecule has 1 aromatic heterocycles. The average Bonchev–Trinajstić information content (AvgIpc) is 2.68. The van der Waals surface area contributed by atoms with Crippen LogP contribution in [0.25, 0.3) is 0 Å². The monoisotopic (exact) mass is 353 g/mol. The van der Waals surface area contributed by atoms with Crippen LogP contribution in [0, 0.1) is 5.92 Å². The summed E-state index contributed by atoms with van der Waals surface area (Å²) in [6, 6.07) is 11.8. The molecule has 0 atom stereocenters. The average molecular weight is 353 g/mol. The quantitative estimate of drug-likeness (QED) is 0.866. The number of carbonyl (C=O) groups is 1. The summed E-state index contributed by atoms with van der Waals surface area (Å²) in [5, 5.41) is 3.00. The van der Waals surface area contributed by atoms with Crippen LogP contribution in [-0.2, 0) is 13.1 Å². The molecule has 0 aliphatic carbocycles. The van der Waals surface area contributed by atoms with Crippen molar-refractivity contribution in [2.75, 3.05) is 20.2 Å². The van der Waals surface area contributed by atoms with Crippen LogP contribution >= 0.6 is 0 Å². The summed E-state index contributed by atoms with van der Waals surface area (Å²) in [5.74, 6) is 1.01. The first-order valence-corrected chi connectivity index (χ1v) is 9.23. The highest BCUT2D eigenvalue weighted by Crippen LogP contribution is 2.20. The Kier molecular flexibility index (Phi) is 6.23. The van der Waals surface area contributed by atoms with Gasteiger partial charge in [-0.05, 0) is 55.1 Å². The highest BCUT2D eigenvalue weighted by Gasteiger charge is 2.17. The van der Waals surface area contributed by atoms with E-state index in [1.54, 1.807) is 18.3 Å². The van der Waals surface area contributed by atoms with E-state index in [9.17, 15) is 4.79 Å². The van der Waals surface area contributed by atoms with E-state index in [1.165, 1.54) is 25.5 Å². The van der Waals surface area contributed by atoms with Crippen molar-refractivity contribution in [2.45, 2.75) is 32.9 Å². The van der Waals surface area contributed by atoms with Gasteiger partial charge in [0.2, 0.25) is 5.88 Å². The molecule has 26 heavy (non-hydrogen) atoms. The Hall–Kier alpha value is -2.40. The van der Waals surface area contributed by atoms with Crippen molar-refractivity contribution in [3.63, 3.8) is 0 Å². The number of hydrogen-bond acceptors (Lipinski definition) is 4. The summed E-state index contributed by atoms with van der Waals surface area (Å²) >= 11 is 0. The normalized spacial score (nSPS) is 15.6. The van der Waals surface area contributed by atoms with E-state index in [-0.39, 0.29) is 5.91 Å². The van der Waals surface area contributed by atoms with Gasteiger partial charge in [-0.25, -0.2) is 4.98 Å². The third-order valence-corrected chi connectivity index (χ3v) is 5.04. The van der Waals surface area contributed by atoms with Gasteiger partial charge in [-0.2, -0.15) is 0 Å². The zero-order chi connectivity index (χ0) is 18.4. The number of ether oxygens (including phenoxy) is 1. The Labute approximate surface area is 155 Å². The van der Waals surface area contributed by atoms with Gasteiger partial charge in [0.05, 0.1) is 7.11 Å². The Morgan fingerprint density at radius 1 is 1.19 bits per heavy atom. The zero-order valence-corrected chi connectivity index (χ0v) is 15.6. The van der Waals surface area contributed by atoms with Crippen molar-refractivity contribution in [1.29, 1.82) is 0 Å². The van der Waals surface area contributed by atoms with Crippen LogP contribution in [0.2, 0.25) is 0 Å². The van der Waals surface area contributed by atoms with E-state index in [4.69, 9.17) is 4.74 Å². The second kappa shape index (κ2) is 8.81. The molecule has 138 valence electrons. The third-order valence-electron chi connectivity index (χ3n) is 5.04. The van der Waals surface area contributed by atoms with Crippen LogP contribution in [0.15, 0.2) is 42.6 Å². The van der Waals surface area contributed by atoms with Gasteiger partial charge in [0.25, 0.3) is 5.91 Å². The summed E-state index contributed by atoms with van der Waals surface area (Å²) < 4.78 is 5.17. The van der Waals surface area contributed by atoms with Gasteiger partial charge in [-0.15, -0.1) is 0 Å². The fraction of sp³-hybridized carbons (Fsp3) is 0.429. The molecule has 5 heteroatoms. The van der Waals surface area contributed by atoms with Crippen molar-refractivity contribution in [1.82, 2.24) is 15.2 Å². The molecular weight excluding hydrogens is 326 g/mol. The second-order valence-electron chi connectivity index (χ2n) is 6.97. The lowest BCUT2D eigenvalue weighted by Gasteiger charge is -2.30. The van der Waals surface area contributed by atoms with Crippen molar-refractivity contribution in [3.8, 4) is 5.88 Å². The smallest absolute Gasteiger partial charge is 0.257 e. The standard InChI is InChI=1S/C21H27N3O2/c1-16-9-12-24(13-10-16)15-18-7-4-3-6-17(18)14-23-20(25)19-8-5-11-22-21(19)26-2/h3-8,11,16H,9-10,12-15H2,1-2H3,(H,23,25). The highest BCUT2D eigenvalue weighted by molar-refractivity contribution is 5.96. The van der Waals surface area contributed by atoms with Crippen molar-refractivity contribution >= 4 is 5.91 Å². The molecule has 1 aromatic carbocycles. The highest BCUT2D eigenvalue weighted by atomic mass is 16.5. The number of likely N-dealkylation sites (tertiary alicyclic amines) is 1. The van der Waals surface area contributed by atoms with Gasteiger partial charge in [-0.3, -0.25) is 9.69 Å². The van der Waals surface area contributed by atoms with Crippen LogP contribution in [0.5, 0.6) is 5.88 Å². The van der Waals surface area contributed by atoms with E-state index < -0.39 is 0 Å². The minimum atomic E-state index is -0.170. The molecule has 0 spiro atoms. The zero-order valence-electron chi connectivity index (χ0n) is 15.6. The van der Waals surface area contributed by atoms with Gasteiger partial charge >= 0.3 is 0 Å². The predicted octanol–water partition coefficient (Wildman–Crippen LogP) is 3.25. The van der Waals surface area contributed by atoms with E-state index in [0.717, 1.165) is 31.1 Å². The molecule has 5 nitrogen and oxygen atoms in total. The number of aromatic nitrogens is 1. The largest absolute Gasteiger partial charge is 0.480 e. The Morgan fingerprint density at radius 2 is 1.92 bits per heavy atom. The molecular formula is C21H27N3O2. The summed E-state index contributed by atoms with van der Waals surface area (Å²) in [4.78, 5) is 19.1. The van der Waals surface area contributed by atoms with E-state index in [0.29, 0.717) is 18.0 Å². The summed E-state index contributed by atoms with van der Waals surface area (Å²) in [7, 11) is 1.52. The van der Waals surface area contributed by atoms with Crippen LogP contribution in [0.3, 0.4) is 0 Å².